The number of carbonyl (C=O) groups is 1. The van der Waals surface area contributed by atoms with Crippen LogP contribution in [-0.4, -0.2) is 36.7 Å². The Kier molecular flexibility index (Phi) is 5.65. The summed E-state index contributed by atoms with van der Waals surface area (Å²) in [6, 6.07) is 7.66. The number of benzene rings is 1. The SMILES string of the molecule is COC(=O)c1sccc1CN(C)C[C@H](O)c1ccc(F)cc1. The molecule has 1 N–H and O–H groups in total. The van der Waals surface area contributed by atoms with E-state index < -0.39 is 6.10 Å². The van der Waals surface area contributed by atoms with Gasteiger partial charge in [0, 0.05) is 13.1 Å². The van der Waals surface area contributed by atoms with Gasteiger partial charge >= 0.3 is 5.97 Å². The van der Waals surface area contributed by atoms with Gasteiger partial charge in [-0.3, -0.25) is 4.90 Å². The first-order valence-corrected chi connectivity index (χ1v) is 7.66. The molecule has 22 heavy (non-hydrogen) atoms. The van der Waals surface area contributed by atoms with Gasteiger partial charge in [-0.1, -0.05) is 12.1 Å². The van der Waals surface area contributed by atoms with Crippen molar-refractivity contribution in [3.63, 3.8) is 0 Å². The Balaban J connectivity index is 1.98. The van der Waals surface area contributed by atoms with Crippen molar-refractivity contribution in [1.82, 2.24) is 4.90 Å². The maximum atomic E-state index is 12.9. The van der Waals surface area contributed by atoms with E-state index in [1.165, 1.54) is 30.6 Å². The number of rotatable bonds is 6. The second-order valence-electron chi connectivity index (χ2n) is 5.03. The lowest BCUT2D eigenvalue weighted by atomic mass is 10.1. The Bertz CT molecular complexity index is 627. The van der Waals surface area contributed by atoms with Crippen molar-refractivity contribution >= 4 is 17.3 Å². The number of esters is 1. The van der Waals surface area contributed by atoms with Crippen LogP contribution in [0.5, 0.6) is 0 Å². The summed E-state index contributed by atoms with van der Waals surface area (Å²) in [7, 11) is 3.21. The number of hydrogen-bond acceptors (Lipinski definition) is 5. The second kappa shape index (κ2) is 7.49. The monoisotopic (exact) mass is 323 g/mol. The van der Waals surface area contributed by atoms with E-state index in [9.17, 15) is 14.3 Å². The molecular formula is C16H18FNO3S. The average Bonchev–Trinajstić information content (AvgIpc) is 2.95. The predicted molar refractivity (Wildman–Crippen MR) is 83.4 cm³/mol. The van der Waals surface area contributed by atoms with Crippen molar-refractivity contribution in [3.05, 3.63) is 57.5 Å². The molecule has 0 saturated heterocycles. The standard InChI is InChI=1S/C16H18FNO3S/c1-18(9-12-7-8-22-15(12)16(20)21-2)10-14(19)11-3-5-13(17)6-4-11/h3-8,14,19H,9-10H2,1-2H3/t14-/m0/s1. The fourth-order valence-corrected chi connectivity index (χ4v) is 3.00. The molecule has 0 aliphatic rings. The highest BCUT2D eigenvalue weighted by Gasteiger charge is 2.17. The van der Waals surface area contributed by atoms with E-state index in [-0.39, 0.29) is 11.8 Å². The van der Waals surface area contributed by atoms with Crippen molar-refractivity contribution in [3.8, 4) is 0 Å². The Morgan fingerprint density at radius 3 is 2.68 bits per heavy atom. The number of methoxy groups -OCH3 is 1. The number of ether oxygens (including phenoxy) is 1. The third-order valence-corrected chi connectivity index (χ3v) is 4.23. The first kappa shape index (κ1) is 16.6. The summed E-state index contributed by atoms with van der Waals surface area (Å²) in [5.41, 5.74) is 1.53. The van der Waals surface area contributed by atoms with Crippen molar-refractivity contribution in [2.24, 2.45) is 0 Å². The molecule has 0 bridgehead atoms. The van der Waals surface area contributed by atoms with E-state index in [0.29, 0.717) is 23.5 Å². The number of likely N-dealkylation sites (N-methyl/N-ethyl adjacent to an activating group) is 1. The molecule has 0 saturated carbocycles. The lowest BCUT2D eigenvalue weighted by Gasteiger charge is -2.20. The normalized spacial score (nSPS) is 12.4. The fraction of sp³-hybridized carbons (Fsp3) is 0.312. The van der Waals surface area contributed by atoms with Gasteiger partial charge in [0.15, 0.2) is 0 Å². The lowest BCUT2D eigenvalue weighted by molar-refractivity contribution is 0.0604. The van der Waals surface area contributed by atoms with Gasteiger partial charge in [0.05, 0.1) is 13.2 Å². The number of hydrogen-bond donors (Lipinski definition) is 1. The molecule has 0 unspecified atom stereocenters. The Labute approximate surface area is 132 Å². The largest absolute Gasteiger partial charge is 0.465 e. The maximum absolute atomic E-state index is 12.9. The van der Waals surface area contributed by atoms with Gasteiger partial charge in [0.2, 0.25) is 0 Å². The maximum Gasteiger partial charge on any atom is 0.348 e. The van der Waals surface area contributed by atoms with Gasteiger partial charge in [-0.2, -0.15) is 0 Å². The highest BCUT2D eigenvalue weighted by Crippen LogP contribution is 2.21. The van der Waals surface area contributed by atoms with Crippen LogP contribution in [-0.2, 0) is 11.3 Å². The van der Waals surface area contributed by atoms with Crippen molar-refractivity contribution in [2.45, 2.75) is 12.6 Å². The van der Waals surface area contributed by atoms with E-state index >= 15 is 0 Å². The van der Waals surface area contributed by atoms with Gasteiger partial charge in [0.1, 0.15) is 10.7 Å². The van der Waals surface area contributed by atoms with Gasteiger partial charge in [-0.15, -0.1) is 11.3 Å². The summed E-state index contributed by atoms with van der Waals surface area (Å²) in [5.74, 6) is -0.678. The summed E-state index contributed by atoms with van der Waals surface area (Å²) in [5, 5.41) is 12.0. The molecular weight excluding hydrogens is 305 g/mol. The van der Waals surface area contributed by atoms with Crippen molar-refractivity contribution in [1.29, 1.82) is 0 Å². The van der Waals surface area contributed by atoms with Crippen LogP contribution in [0.4, 0.5) is 4.39 Å². The number of halogens is 1. The molecule has 2 rings (SSSR count). The van der Waals surface area contributed by atoms with Crippen LogP contribution in [0.3, 0.4) is 0 Å². The molecule has 0 aliphatic heterocycles. The van der Waals surface area contributed by atoms with Gasteiger partial charge in [-0.05, 0) is 41.8 Å². The van der Waals surface area contributed by atoms with Crippen LogP contribution in [0.15, 0.2) is 35.7 Å². The molecule has 0 fully saturated rings. The lowest BCUT2D eigenvalue weighted by Crippen LogP contribution is -2.24. The number of aliphatic hydroxyl groups excluding tert-OH is 1. The summed E-state index contributed by atoms with van der Waals surface area (Å²) in [6.45, 7) is 0.897. The predicted octanol–water partition coefficient (Wildman–Crippen LogP) is 2.84. The molecule has 118 valence electrons. The van der Waals surface area contributed by atoms with E-state index in [0.717, 1.165) is 5.56 Å². The zero-order valence-electron chi connectivity index (χ0n) is 12.5. The molecule has 1 atom stereocenters. The summed E-state index contributed by atoms with van der Waals surface area (Å²) >= 11 is 1.34. The molecule has 1 heterocycles. The number of carbonyl (C=O) groups excluding carboxylic acids is 1. The highest BCUT2D eigenvalue weighted by atomic mass is 32.1. The number of thiophene rings is 1. The summed E-state index contributed by atoms with van der Waals surface area (Å²) < 4.78 is 17.6. The van der Waals surface area contributed by atoms with Crippen molar-refractivity contribution < 1.29 is 19.0 Å². The molecule has 2 aromatic rings. The van der Waals surface area contributed by atoms with Crippen LogP contribution in [0, 0.1) is 5.82 Å². The van der Waals surface area contributed by atoms with Crippen molar-refractivity contribution in [2.75, 3.05) is 20.7 Å². The van der Waals surface area contributed by atoms with Crippen LogP contribution < -0.4 is 0 Å². The topological polar surface area (TPSA) is 49.8 Å². The van der Waals surface area contributed by atoms with Crippen LogP contribution in [0.25, 0.3) is 0 Å². The van der Waals surface area contributed by atoms with E-state index in [4.69, 9.17) is 4.74 Å². The third kappa shape index (κ3) is 4.13. The first-order chi connectivity index (χ1) is 10.5. The molecule has 0 aliphatic carbocycles. The number of nitrogens with zero attached hydrogens (tertiary/aromatic N) is 1. The van der Waals surface area contributed by atoms with Crippen LogP contribution in [0.2, 0.25) is 0 Å². The van der Waals surface area contributed by atoms with E-state index in [2.05, 4.69) is 0 Å². The minimum absolute atomic E-state index is 0.328. The molecule has 6 heteroatoms. The smallest absolute Gasteiger partial charge is 0.348 e. The Morgan fingerprint density at radius 2 is 2.05 bits per heavy atom. The quantitative estimate of drug-likeness (QED) is 0.831. The fourth-order valence-electron chi connectivity index (χ4n) is 2.17. The Hall–Kier alpha value is -1.76. The molecule has 1 aromatic heterocycles. The molecule has 1 aromatic carbocycles. The number of aliphatic hydroxyl groups is 1. The zero-order valence-corrected chi connectivity index (χ0v) is 13.3. The van der Waals surface area contributed by atoms with E-state index in [1.807, 2.05) is 23.4 Å². The molecule has 4 nitrogen and oxygen atoms in total. The highest BCUT2D eigenvalue weighted by molar-refractivity contribution is 7.12. The average molecular weight is 323 g/mol. The van der Waals surface area contributed by atoms with Gasteiger partial charge in [0.25, 0.3) is 0 Å². The van der Waals surface area contributed by atoms with Crippen LogP contribution in [0.1, 0.15) is 26.9 Å². The molecule has 0 amide bonds. The summed E-state index contributed by atoms with van der Waals surface area (Å²) in [4.78, 5) is 14.1. The zero-order chi connectivity index (χ0) is 16.1. The Morgan fingerprint density at radius 1 is 1.36 bits per heavy atom. The summed E-state index contributed by atoms with van der Waals surface area (Å²) in [6.07, 6.45) is -0.717. The second-order valence-corrected chi connectivity index (χ2v) is 5.95. The molecule has 0 radical (unpaired) electrons. The van der Waals surface area contributed by atoms with Crippen LogP contribution >= 0.6 is 11.3 Å². The third-order valence-electron chi connectivity index (χ3n) is 3.30. The van der Waals surface area contributed by atoms with Gasteiger partial charge in [-0.25, -0.2) is 9.18 Å². The minimum Gasteiger partial charge on any atom is -0.465 e. The first-order valence-electron chi connectivity index (χ1n) is 6.78. The minimum atomic E-state index is -0.717. The molecule has 0 spiro atoms. The van der Waals surface area contributed by atoms with E-state index in [1.54, 1.807) is 12.1 Å². The van der Waals surface area contributed by atoms with Gasteiger partial charge < -0.3 is 9.84 Å².